The number of aliphatic imine (C=N–C) groups is 1. The van der Waals surface area contributed by atoms with Gasteiger partial charge in [-0.3, -0.25) is 0 Å². The summed E-state index contributed by atoms with van der Waals surface area (Å²) < 4.78 is 5.67. The first-order chi connectivity index (χ1) is 9.11. The molecular formula is C11H14Br2N4O2. The summed E-state index contributed by atoms with van der Waals surface area (Å²) in [5.74, 6) is -0.360. The summed E-state index contributed by atoms with van der Waals surface area (Å²) in [4.78, 5) is 26.8. The molecule has 0 aliphatic carbocycles. The van der Waals surface area contributed by atoms with E-state index in [1.54, 1.807) is 0 Å². The van der Waals surface area contributed by atoms with Crippen molar-refractivity contribution in [2.75, 3.05) is 6.61 Å². The van der Waals surface area contributed by atoms with Crippen molar-refractivity contribution in [2.24, 2.45) is 4.99 Å². The summed E-state index contributed by atoms with van der Waals surface area (Å²) in [7, 11) is 0. The molecule has 19 heavy (non-hydrogen) atoms. The van der Waals surface area contributed by atoms with Gasteiger partial charge in [0, 0.05) is 0 Å². The number of hydrogen-bond donors (Lipinski definition) is 0. The quantitative estimate of drug-likeness (QED) is 0.403. The van der Waals surface area contributed by atoms with Crippen LogP contribution >= 0.6 is 31.9 Å². The van der Waals surface area contributed by atoms with Crippen LogP contribution in [0.25, 0.3) is 0 Å². The third-order valence-corrected chi connectivity index (χ3v) is 2.81. The van der Waals surface area contributed by atoms with Crippen LogP contribution in [0.15, 0.2) is 14.5 Å². The first kappa shape index (κ1) is 16.2. The number of aromatic nitrogens is 3. The topological polar surface area (TPSA) is 77.3 Å². The van der Waals surface area contributed by atoms with Crippen LogP contribution in [0, 0.1) is 0 Å². The number of esters is 1. The van der Waals surface area contributed by atoms with E-state index in [-0.39, 0.29) is 5.95 Å². The van der Waals surface area contributed by atoms with Crippen LogP contribution in [-0.2, 0) is 9.53 Å². The highest BCUT2D eigenvalue weighted by Crippen LogP contribution is 2.12. The molecule has 1 aromatic rings. The molecule has 0 aliphatic rings. The number of ether oxygens (including phenoxy) is 1. The second-order valence-corrected chi connectivity index (χ2v) is 5.08. The normalized spacial score (nSPS) is 10.9. The first-order valence-corrected chi connectivity index (χ1v) is 7.48. The number of hydrogen-bond acceptors (Lipinski definition) is 6. The average Bonchev–Trinajstić information content (AvgIpc) is 2.35. The third-order valence-electron chi connectivity index (χ3n) is 2.10. The Morgan fingerprint density at radius 1 is 1.21 bits per heavy atom. The molecule has 0 saturated carbocycles. The predicted molar refractivity (Wildman–Crippen MR) is 78.5 cm³/mol. The van der Waals surface area contributed by atoms with E-state index in [0.717, 1.165) is 31.9 Å². The van der Waals surface area contributed by atoms with Crippen molar-refractivity contribution in [1.82, 2.24) is 15.0 Å². The van der Waals surface area contributed by atoms with Crippen molar-refractivity contribution in [3.63, 3.8) is 0 Å². The summed E-state index contributed by atoms with van der Waals surface area (Å²) in [5, 5.41) is 0. The number of halogens is 2. The van der Waals surface area contributed by atoms with E-state index in [1.165, 1.54) is 0 Å². The van der Waals surface area contributed by atoms with Gasteiger partial charge in [0.15, 0.2) is 0 Å². The molecule has 0 spiro atoms. The molecule has 0 aliphatic heterocycles. The van der Waals surface area contributed by atoms with Gasteiger partial charge in [-0.25, -0.2) is 9.79 Å². The molecule has 1 aromatic heterocycles. The lowest BCUT2D eigenvalue weighted by Crippen LogP contribution is -2.07. The van der Waals surface area contributed by atoms with Crippen LogP contribution in [0.1, 0.15) is 32.6 Å². The van der Waals surface area contributed by atoms with Crippen molar-refractivity contribution in [3.8, 4) is 0 Å². The SMILES string of the molecule is CCCCCCOC(=O)/C=N\c1nc(Br)nc(Br)n1. The standard InChI is InChI=1S/C11H14Br2N4O2/c1-2-3-4-5-6-19-8(18)7-14-11-16-9(12)15-10(13)17-11/h7H,2-6H2,1H3/b14-7-. The molecule has 1 rings (SSSR count). The van der Waals surface area contributed by atoms with E-state index in [9.17, 15) is 4.79 Å². The second kappa shape index (κ2) is 9.08. The molecular weight excluding hydrogens is 380 g/mol. The van der Waals surface area contributed by atoms with E-state index >= 15 is 0 Å². The van der Waals surface area contributed by atoms with Crippen LogP contribution in [0.4, 0.5) is 5.95 Å². The second-order valence-electron chi connectivity index (χ2n) is 3.66. The Kier molecular flexibility index (Phi) is 7.73. The number of rotatable bonds is 7. The zero-order valence-electron chi connectivity index (χ0n) is 10.5. The number of carbonyl (C=O) groups is 1. The van der Waals surface area contributed by atoms with Gasteiger partial charge < -0.3 is 4.74 Å². The largest absolute Gasteiger partial charge is 0.461 e. The van der Waals surface area contributed by atoms with Gasteiger partial charge in [0.1, 0.15) is 6.21 Å². The van der Waals surface area contributed by atoms with Gasteiger partial charge >= 0.3 is 5.97 Å². The lowest BCUT2D eigenvalue weighted by Gasteiger charge is -2.00. The third kappa shape index (κ3) is 7.31. The Balaban J connectivity index is 2.36. The molecule has 0 aromatic carbocycles. The van der Waals surface area contributed by atoms with E-state index in [4.69, 9.17) is 4.74 Å². The minimum Gasteiger partial charge on any atom is -0.461 e. The highest BCUT2D eigenvalue weighted by atomic mass is 79.9. The zero-order valence-corrected chi connectivity index (χ0v) is 13.6. The fourth-order valence-electron chi connectivity index (χ4n) is 1.22. The van der Waals surface area contributed by atoms with Gasteiger partial charge in [-0.2, -0.15) is 15.0 Å². The summed E-state index contributed by atoms with van der Waals surface area (Å²) in [6.45, 7) is 2.54. The van der Waals surface area contributed by atoms with Crippen molar-refractivity contribution >= 4 is 50.0 Å². The average molecular weight is 394 g/mol. The van der Waals surface area contributed by atoms with Crippen LogP contribution in [0.3, 0.4) is 0 Å². The minimum atomic E-state index is -0.496. The first-order valence-electron chi connectivity index (χ1n) is 5.89. The lowest BCUT2D eigenvalue weighted by molar-refractivity contribution is -0.135. The molecule has 0 amide bonds. The Bertz CT molecular complexity index is 434. The highest BCUT2D eigenvalue weighted by Gasteiger charge is 2.02. The Labute approximate surface area is 128 Å². The molecule has 6 nitrogen and oxygen atoms in total. The molecule has 104 valence electrons. The highest BCUT2D eigenvalue weighted by molar-refractivity contribution is 9.11. The van der Waals surface area contributed by atoms with E-state index in [2.05, 4.69) is 58.7 Å². The molecule has 0 saturated heterocycles. The maximum absolute atomic E-state index is 11.4. The van der Waals surface area contributed by atoms with Gasteiger partial charge in [0.05, 0.1) is 6.61 Å². The number of carbonyl (C=O) groups excluding carboxylic acids is 1. The molecule has 0 N–H and O–H groups in total. The summed E-state index contributed by atoms with van der Waals surface area (Å²) in [5.41, 5.74) is 0. The van der Waals surface area contributed by atoms with E-state index in [1.807, 2.05) is 0 Å². The molecule has 0 radical (unpaired) electrons. The number of unbranched alkanes of at least 4 members (excludes halogenated alkanes) is 3. The van der Waals surface area contributed by atoms with Crippen molar-refractivity contribution in [1.29, 1.82) is 0 Å². The van der Waals surface area contributed by atoms with Gasteiger partial charge in [0.2, 0.25) is 9.47 Å². The molecule has 0 atom stereocenters. The molecule has 0 fully saturated rings. The van der Waals surface area contributed by atoms with Crippen LogP contribution in [0.2, 0.25) is 0 Å². The van der Waals surface area contributed by atoms with Gasteiger partial charge in [-0.05, 0) is 38.3 Å². The smallest absolute Gasteiger partial charge is 0.349 e. The maximum atomic E-state index is 11.4. The molecule has 0 unspecified atom stereocenters. The molecule has 1 heterocycles. The maximum Gasteiger partial charge on any atom is 0.349 e. The molecule has 8 heteroatoms. The predicted octanol–water partition coefficient (Wildman–Crippen LogP) is 3.22. The minimum absolute atomic E-state index is 0.136. The van der Waals surface area contributed by atoms with Crippen LogP contribution in [0.5, 0.6) is 0 Å². The Hall–Kier alpha value is -0.890. The van der Waals surface area contributed by atoms with Crippen LogP contribution < -0.4 is 0 Å². The van der Waals surface area contributed by atoms with Gasteiger partial charge in [-0.1, -0.05) is 26.2 Å². The lowest BCUT2D eigenvalue weighted by atomic mass is 10.2. The van der Waals surface area contributed by atoms with Crippen LogP contribution in [-0.4, -0.2) is 33.7 Å². The van der Waals surface area contributed by atoms with Crippen molar-refractivity contribution in [2.45, 2.75) is 32.6 Å². The van der Waals surface area contributed by atoms with Crippen molar-refractivity contribution < 1.29 is 9.53 Å². The van der Waals surface area contributed by atoms with E-state index in [0.29, 0.717) is 16.1 Å². The summed E-state index contributed by atoms with van der Waals surface area (Å²) in [6, 6.07) is 0. The monoisotopic (exact) mass is 392 g/mol. The molecule has 0 bridgehead atoms. The number of nitrogens with zero attached hydrogens (tertiary/aromatic N) is 4. The van der Waals surface area contributed by atoms with Crippen molar-refractivity contribution in [3.05, 3.63) is 9.47 Å². The summed E-state index contributed by atoms with van der Waals surface area (Å²) in [6.07, 6.45) is 5.30. The van der Waals surface area contributed by atoms with Gasteiger partial charge in [0.25, 0.3) is 5.95 Å². The fourth-order valence-corrected chi connectivity index (χ4v) is 2.11. The Morgan fingerprint density at radius 3 is 2.53 bits per heavy atom. The van der Waals surface area contributed by atoms with Gasteiger partial charge in [-0.15, -0.1) is 0 Å². The fraction of sp³-hybridized carbons (Fsp3) is 0.545. The van der Waals surface area contributed by atoms with E-state index < -0.39 is 5.97 Å². The zero-order chi connectivity index (χ0) is 14.1. The Morgan fingerprint density at radius 2 is 1.89 bits per heavy atom. The summed E-state index contributed by atoms with van der Waals surface area (Å²) >= 11 is 6.21.